The van der Waals surface area contributed by atoms with E-state index < -0.39 is 16.1 Å². The van der Waals surface area contributed by atoms with Crippen LogP contribution >= 0.6 is 11.3 Å². The van der Waals surface area contributed by atoms with Crippen LogP contribution in [0.4, 0.5) is 0 Å². The summed E-state index contributed by atoms with van der Waals surface area (Å²) in [6, 6.07) is 21.2. The second-order valence-corrected chi connectivity index (χ2v) is 9.93. The second kappa shape index (κ2) is 9.35. The number of hydrogen-bond acceptors (Lipinski definition) is 4. The molecule has 7 heteroatoms. The highest BCUT2D eigenvalue weighted by molar-refractivity contribution is 7.91. The van der Waals surface area contributed by atoms with E-state index in [-0.39, 0.29) is 22.1 Å². The fourth-order valence-electron chi connectivity index (χ4n) is 3.02. The molecule has 1 atom stereocenters. The molecule has 0 spiro atoms. The first-order valence-corrected chi connectivity index (χ1v) is 11.7. The Hall–Kier alpha value is -2.48. The van der Waals surface area contributed by atoms with Crippen molar-refractivity contribution in [2.75, 3.05) is 0 Å². The van der Waals surface area contributed by atoms with Crippen molar-refractivity contribution >= 4 is 27.3 Å². The van der Waals surface area contributed by atoms with Crippen molar-refractivity contribution in [1.82, 2.24) is 10.0 Å². The van der Waals surface area contributed by atoms with Crippen molar-refractivity contribution < 1.29 is 13.2 Å². The van der Waals surface area contributed by atoms with Crippen LogP contribution in [0.2, 0.25) is 0 Å². The van der Waals surface area contributed by atoms with E-state index in [1.165, 1.54) is 6.07 Å². The summed E-state index contributed by atoms with van der Waals surface area (Å²) >= 11 is 1.12. The van der Waals surface area contributed by atoms with Crippen molar-refractivity contribution in [3.63, 3.8) is 0 Å². The average molecular weight is 429 g/mol. The summed E-state index contributed by atoms with van der Waals surface area (Å²) in [6.45, 7) is 3.64. The molecule has 0 aliphatic carbocycles. The van der Waals surface area contributed by atoms with Crippen LogP contribution in [0, 0.1) is 5.92 Å². The van der Waals surface area contributed by atoms with Crippen LogP contribution in [0.3, 0.4) is 0 Å². The van der Waals surface area contributed by atoms with E-state index in [4.69, 9.17) is 0 Å². The van der Waals surface area contributed by atoms with Crippen LogP contribution in [-0.4, -0.2) is 20.4 Å². The predicted octanol–water partition coefficient (Wildman–Crippen LogP) is 3.96. The fourth-order valence-corrected chi connectivity index (χ4v) is 5.37. The van der Waals surface area contributed by atoms with Gasteiger partial charge in [-0.2, -0.15) is 4.72 Å². The first-order valence-electron chi connectivity index (χ1n) is 9.34. The van der Waals surface area contributed by atoms with Gasteiger partial charge in [0.25, 0.3) is 10.0 Å². The lowest BCUT2D eigenvalue weighted by Crippen LogP contribution is -2.50. The summed E-state index contributed by atoms with van der Waals surface area (Å²) < 4.78 is 28.1. The molecule has 0 unspecified atom stereocenters. The number of carbonyl (C=O) groups excluding carboxylic acids is 1. The normalized spacial score (nSPS) is 12.8. The van der Waals surface area contributed by atoms with E-state index in [1.807, 2.05) is 74.5 Å². The van der Waals surface area contributed by atoms with Gasteiger partial charge in [-0.1, -0.05) is 80.6 Å². The third kappa shape index (κ3) is 5.32. The standard InChI is InChI=1S/C22H24N2O3S2/c1-16(2)20(24-29(26,27)19-14-9-15-28-19)22(25)23-21(17-10-5-3-6-11-17)18-12-7-4-8-13-18/h3-16,20-21,24H,1-2H3,(H,23,25)/t20-/m0/s1. The highest BCUT2D eigenvalue weighted by atomic mass is 32.2. The molecule has 0 saturated carbocycles. The lowest BCUT2D eigenvalue weighted by Gasteiger charge is -2.26. The maximum absolute atomic E-state index is 13.2. The van der Waals surface area contributed by atoms with Crippen molar-refractivity contribution in [3.8, 4) is 0 Å². The topological polar surface area (TPSA) is 75.3 Å². The summed E-state index contributed by atoms with van der Waals surface area (Å²) in [5.74, 6) is -0.588. The van der Waals surface area contributed by atoms with Gasteiger partial charge in [-0.25, -0.2) is 8.42 Å². The lowest BCUT2D eigenvalue weighted by molar-refractivity contribution is -0.124. The molecule has 0 radical (unpaired) electrons. The molecule has 5 nitrogen and oxygen atoms in total. The van der Waals surface area contributed by atoms with Crippen molar-refractivity contribution in [1.29, 1.82) is 0 Å². The Labute approximate surface area is 175 Å². The van der Waals surface area contributed by atoms with Crippen molar-refractivity contribution in [3.05, 3.63) is 89.3 Å². The molecule has 3 aromatic rings. The Morgan fingerprint density at radius 2 is 1.41 bits per heavy atom. The van der Waals surface area contributed by atoms with Gasteiger partial charge in [-0.05, 0) is 28.5 Å². The Bertz CT molecular complexity index is 979. The van der Waals surface area contributed by atoms with Gasteiger partial charge >= 0.3 is 0 Å². The van der Waals surface area contributed by atoms with Crippen molar-refractivity contribution in [2.24, 2.45) is 5.92 Å². The largest absolute Gasteiger partial charge is 0.344 e. The van der Waals surface area contributed by atoms with Crippen LogP contribution < -0.4 is 10.0 Å². The molecule has 0 saturated heterocycles. The first kappa shape index (κ1) is 21.2. The van der Waals surface area contributed by atoms with Gasteiger partial charge < -0.3 is 5.32 Å². The molecule has 1 heterocycles. The summed E-state index contributed by atoms with van der Waals surface area (Å²) in [5, 5.41) is 4.73. The highest BCUT2D eigenvalue weighted by Crippen LogP contribution is 2.23. The summed E-state index contributed by atoms with van der Waals surface area (Å²) in [6.07, 6.45) is 0. The minimum Gasteiger partial charge on any atom is -0.344 e. The number of benzene rings is 2. The molecule has 0 aliphatic rings. The van der Waals surface area contributed by atoms with Crippen LogP contribution in [0.25, 0.3) is 0 Å². The van der Waals surface area contributed by atoms with Gasteiger partial charge in [0.05, 0.1) is 6.04 Å². The maximum Gasteiger partial charge on any atom is 0.250 e. The molecule has 1 aromatic heterocycles. The van der Waals surface area contributed by atoms with E-state index in [2.05, 4.69) is 10.0 Å². The Morgan fingerprint density at radius 1 is 0.862 bits per heavy atom. The smallest absolute Gasteiger partial charge is 0.250 e. The SMILES string of the molecule is CC(C)[C@H](NS(=O)(=O)c1cccs1)C(=O)NC(c1ccccc1)c1ccccc1. The summed E-state index contributed by atoms with van der Waals surface area (Å²) in [7, 11) is -3.76. The zero-order chi connectivity index (χ0) is 20.9. The Morgan fingerprint density at radius 3 is 1.86 bits per heavy atom. The van der Waals surface area contributed by atoms with Gasteiger partial charge in [0.2, 0.25) is 5.91 Å². The number of rotatable bonds is 8. The molecule has 3 rings (SSSR count). The van der Waals surface area contributed by atoms with Crippen LogP contribution in [0.1, 0.15) is 31.0 Å². The quantitative estimate of drug-likeness (QED) is 0.570. The van der Waals surface area contributed by atoms with Gasteiger partial charge in [-0.3, -0.25) is 4.79 Å². The lowest BCUT2D eigenvalue weighted by atomic mass is 9.97. The average Bonchev–Trinajstić information content (AvgIpc) is 3.27. The zero-order valence-corrected chi connectivity index (χ0v) is 17.9. The number of thiophene rings is 1. The van der Waals surface area contributed by atoms with E-state index >= 15 is 0 Å². The third-order valence-electron chi connectivity index (χ3n) is 4.54. The van der Waals surface area contributed by atoms with Gasteiger partial charge in [-0.15, -0.1) is 11.3 Å². The van der Waals surface area contributed by atoms with E-state index in [9.17, 15) is 13.2 Å². The Balaban J connectivity index is 1.87. The number of carbonyl (C=O) groups is 1. The molecule has 29 heavy (non-hydrogen) atoms. The highest BCUT2D eigenvalue weighted by Gasteiger charge is 2.30. The maximum atomic E-state index is 13.2. The Kier molecular flexibility index (Phi) is 6.84. The van der Waals surface area contributed by atoms with E-state index in [0.29, 0.717) is 0 Å². The molecule has 0 bridgehead atoms. The molecular formula is C22H24N2O3S2. The van der Waals surface area contributed by atoms with Crippen LogP contribution in [-0.2, 0) is 14.8 Å². The number of nitrogens with one attached hydrogen (secondary N) is 2. The van der Waals surface area contributed by atoms with E-state index in [0.717, 1.165) is 22.5 Å². The van der Waals surface area contributed by atoms with Crippen molar-refractivity contribution in [2.45, 2.75) is 30.1 Å². The number of amides is 1. The van der Waals surface area contributed by atoms with Crippen LogP contribution in [0.5, 0.6) is 0 Å². The third-order valence-corrected chi connectivity index (χ3v) is 7.38. The molecule has 2 aromatic carbocycles. The number of sulfonamides is 1. The molecule has 2 N–H and O–H groups in total. The molecule has 0 aliphatic heterocycles. The van der Waals surface area contributed by atoms with Gasteiger partial charge in [0, 0.05) is 0 Å². The van der Waals surface area contributed by atoms with Crippen LogP contribution in [0.15, 0.2) is 82.4 Å². The summed E-state index contributed by atoms with van der Waals surface area (Å²) in [4.78, 5) is 13.2. The molecule has 152 valence electrons. The zero-order valence-electron chi connectivity index (χ0n) is 16.3. The monoisotopic (exact) mass is 428 g/mol. The summed E-state index contributed by atoms with van der Waals surface area (Å²) in [5.41, 5.74) is 1.85. The molecule has 1 amide bonds. The predicted molar refractivity (Wildman–Crippen MR) is 116 cm³/mol. The molecule has 0 fully saturated rings. The number of hydrogen-bond donors (Lipinski definition) is 2. The van der Waals surface area contributed by atoms with Gasteiger partial charge in [0.1, 0.15) is 10.3 Å². The second-order valence-electron chi connectivity index (χ2n) is 7.04. The van der Waals surface area contributed by atoms with Gasteiger partial charge in [0.15, 0.2) is 0 Å². The minimum atomic E-state index is -3.76. The minimum absolute atomic E-state index is 0.193. The fraction of sp³-hybridized carbons (Fsp3) is 0.227. The first-order chi connectivity index (χ1) is 13.9. The molecular weight excluding hydrogens is 404 g/mol. The van der Waals surface area contributed by atoms with E-state index in [1.54, 1.807) is 11.4 Å².